The van der Waals surface area contributed by atoms with Crippen LogP contribution in [-0.4, -0.2) is 29.1 Å². The topological polar surface area (TPSA) is 85.4 Å². The number of benzene rings is 2. The quantitative estimate of drug-likeness (QED) is 0.685. The molecule has 0 radical (unpaired) electrons. The molecule has 0 saturated carbocycles. The van der Waals surface area contributed by atoms with Gasteiger partial charge in [0.2, 0.25) is 0 Å². The Kier molecular flexibility index (Phi) is 5.25. The zero-order valence-electron chi connectivity index (χ0n) is 14.8. The summed E-state index contributed by atoms with van der Waals surface area (Å²) in [6, 6.07) is 12.9. The number of anilines is 2. The molecule has 0 fully saturated rings. The van der Waals surface area contributed by atoms with Gasteiger partial charge >= 0.3 is 0 Å². The Balaban J connectivity index is 1.38. The number of fused-ring (bicyclic) bond motifs is 1. The van der Waals surface area contributed by atoms with E-state index in [9.17, 15) is 4.79 Å². The van der Waals surface area contributed by atoms with Crippen LogP contribution in [0.2, 0.25) is 5.02 Å². The number of ether oxygens (including phenoxy) is 2. The first-order valence-electron chi connectivity index (χ1n) is 8.69. The third-order valence-corrected chi connectivity index (χ3v) is 4.47. The van der Waals surface area contributed by atoms with Crippen LogP contribution in [0.25, 0.3) is 0 Å². The minimum atomic E-state index is -0.321. The fourth-order valence-corrected chi connectivity index (χ4v) is 2.89. The van der Waals surface area contributed by atoms with Gasteiger partial charge < -0.3 is 20.1 Å². The normalized spacial score (nSPS) is 12.3. The van der Waals surface area contributed by atoms with Crippen LogP contribution in [0.15, 0.2) is 54.9 Å². The number of halogens is 1. The predicted octanol–water partition coefficient (Wildman–Crippen LogP) is 3.57. The molecular weight excluding hydrogens is 380 g/mol. The zero-order chi connectivity index (χ0) is 19.3. The monoisotopic (exact) mass is 396 g/mol. The molecular formula is C20H17ClN4O3. The Morgan fingerprint density at radius 2 is 1.86 bits per heavy atom. The molecule has 0 bridgehead atoms. The summed E-state index contributed by atoms with van der Waals surface area (Å²) in [5.41, 5.74) is 1.84. The SMILES string of the molecule is O=C(NCc1ccccc1Cl)c1cnc(Nc2ccc3c(c2)OCCO3)cn1. The van der Waals surface area contributed by atoms with Crippen molar-refractivity contribution >= 4 is 29.0 Å². The van der Waals surface area contributed by atoms with Crippen LogP contribution in [-0.2, 0) is 6.54 Å². The van der Waals surface area contributed by atoms with E-state index in [2.05, 4.69) is 20.6 Å². The van der Waals surface area contributed by atoms with E-state index in [-0.39, 0.29) is 11.6 Å². The predicted molar refractivity (Wildman–Crippen MR) is 105 cm³/mol. The molecule has 0 spiro atoms. The van der Waals surface area contributed by atoms with Gasteiger partial charge in [-0.05, 0) is 23.8 Å². The van der Waals surface area contributed by atoms with Crippen LogP contribution in [0, 0.1) is 0 Å². The van der Waals surface area contributed by atoms with Crippen molar-refractivity contribution in [2.24, 2.45) is 0 Å². The van der Waals surface area contributed by atoms with Gasteiger partial charge in [-0.15, -0.1) is 0 Å². The molecule has 0 unspecified atom stereocenters. The van der Waals surface area contributed by atoms with Crippen molar-refractivity contribution in [3.63, 3.8) is 0 Å². The van der Waals surface area contributed by atoms with Crippen LogP contribution in [0.1, 0.15) is 16.1 Å². The van der Waals surface area contributed by atoms with Gasteiger partial charge in [0.15, 0.2) is 11.5 Å². The fourth-order valence-electron chi connectivity index (χ4n) is 2.69. The summed E-state index contributed by atoms with van der Waals surface area (Å²) in [4.78, 5) is 20.7. The number of aromatic nitrogens is 2. The molecule has 2 heterocycles. The van der Waals surface area contributed by atoms with Crippen molar-refractivity contribution in [3.05, 3.63) is 71.1 Å². The van der Waals surface area contributed by atoms with E-state index in [1.807, 2.05) is 36.4 Å². The number of carbonyl (C=O) groups excluding carboxylic acids is 1. The lowest BCUT2D eigenvalue weighted by molar-refractivity contribution is 0.0945. The van der Waals surface area contributed by atoms with Crippen molar-refractivity contribution in [1.29, 1.82) is 0 Å². The largest absolute Gasteiger partial charge is 0.486 e. The van der Waals surface area contributed by atoms with E-state index in [1.54, 1.807) is 6.07 Å². The molecule has 1 aliphatic heterocycles. The first-order chi connectivity index (χ1) is 13.7. The number of carbonyl (C=O) groups is 1. The highest BCUT2D eigenvalue weighted by molar-refractivity contribution is 6.31. The molecule has 28 heavy (non-hydrogen) atoms. The van der Waals surface area contributed by atoms with E-state index in [4.69, 9.17) is 21.1 Å². The second kappa shape index (κ2) is 8.14. The second-order valence-electron chi connectivity index (χ2n) is 6.04. The molecule has 0 saturated heterocycles. The Morgan fingerprint density at radius 3 is 2.64 bits per heavy atom. The van der Waals surface area contributed by atoms with Crippen molar-refractivity contribution in [1.82, 2.24) is 15.3 Å². The number of amides is 1. The molecule has 8 heteroatoms. The molecule has 7 nitrogen and oxygen atoms in total. The maximum Gasteiger partial charge on any atom is 0.271 e. The minimum absolute atomic E-state index is 0.222. The zero-order valence-corrected chi connectivity index (χ0v) is 15.6. The van der Waals surface area contributed by atoms with Crippen molar-refractivity contribution in [2.75, 3.05) is 18.5 Å². The van der Waals surface area contributed by atoms with Crippen molar-refractivity contribution < 1.29 is 14.3 Å². The van der Waals surface area contributed by atoms with Gasteiger partial charge in [0, 0.05) is 23.3 Å². The standard InChI is InChI=1S/C20H17ClN4O3/c21-15-4-2-1-3-13(15)10-24-20(26)16-11-23-19(12-22-16)25-14-5-6-17-18(9-14)28-8-7-27-17/h1-6,9,11-12H,7-8,10H2,(H,23,25)(H,24,26). The highest BCUT2D eigenvalue weighted by Crippen LogP contribution is 2.33. The summed E-state index contributed by atoms with van der Waals surface area (Å²) in [7, 11) is 0. The van der Waals surface area contributed by atoms with Gasteiger partial charge in [-0.2, -0.15) is 0 Å². The number of nitrogens with one attached hydrogen (secondary N) is 2. The first kappa shape index (κ1) is 18.1. The minimum Gasteiger partial charge on any atom is -0.486 e. The number of hydrogen-bond acceptors (Lipinski definition) is 6. The summed E-state index contributed by atoms with van der Waals surface area (Å²) < 4.78 is 11.1. The molecule has 0 atom stereocenters. The lowest BCUT2D eigenvalue weighted by Crippen LogP contribution is -2.24. The molecule has 0 aliphatic carbocycles. The van der Waals surface area contributed by atoms with Gasteiger partial charge in [0.1, 0.15) is 24.7 Å². The van der Waals surface area contributed by atoms with Gasteiger partial charge in [-0.3, -0.25) is 4.79 Å². The summed E-state index contributed by atoms with van der Waals surface area (Å²) >= 11 is 6.09. The van der Waals surface area contributed by atoms with Gasteiger partial charge in [-0.1, -0.05) is 29.8 Å². The van der Waals surface area contributed by atoms with Gasteiger partial charge in [0.05, 0.1) is 12.4 Å². The smallest absolute Gasteiger partial charge is 0.271 e. The van der Waals surface area contributed by atoms with Crippen LogP contribution >= 0.6 is 11.6 Å². The lowest BCUT2D eigenvalue weighted by Gasteiger charge is -2.19. The lowest BCUT2D eigenvalue weighted by atomic mass is 10.2. The molecule has 4 rings (SSSR count). The van der Waals surface area contributed by atoms with Crippen LogP contribution in [0.3, 0.4) is 0 Å². The maximum atomic E-state index is 12.3. The second-order valence-corrected chi connectivity index (χ2v) is 6.45. The van der Waals surface area contributed by atoms with E-state index in [0.29, 0.717) is 42.1 Å². The average molecular weight is 397 g/mol. The first-order valence-corrected chi connectivity index (χ1v) is 9.07. The number of nitrogens with zero attached hydrogens (tertiary/aromatic N) is 2. The van der Waals surface area contributed by atoms with Crippen LogP contribution in [0.5, 0.6) is 11.5 Å². The highest BCUT2D eigenvalue weighted by Gasteiger charge is 2.13. The van der Waals surface area contributed by atoms with Gasteiger partial charge in [-0.25, -0.2) is 9.97 Å². The Bertz CT molecular complexity index is 995. The molecule has 2 N–H and O–H groups in total. The van der Waals surface area contributed by atoms with E-state index in [1.165, 1.54) is 12.4 Å². The maximum absolute atomic E-state index is 12.3. The molecule has 2 aromatic carbocycles. The Hall–Kier alpha value is -3.32. The molecule has 3 aromatic rings. The third-order valence-electron chi connectivity index (χ3n) is 4.10. The average Bonchev–Trinajstić information content (AvgIpc) is 2.73. The molecule has 1 aromatic heterocycles. The Morgan fingerprint density at radius 1 is 1.04 bits per heavy atom. The molecule has 142 valence electrons. The van der Waals surface area contributed by atoms with E-state index >= 15 is 0 Å². The third kappa shape index (κ3) is 4.15. The van der Waals surface area contributed by atoms with Crippen LogP contribution in [0.4, 0.5) is 11.5 Å². The van der Waals surface area contributed by atoms with Crippen molar-refractivity contribution in [3.8, 4) is 11.5 Å². The summed E-state index contributed by atoms with van der Waals surface area (Å²) in [5.74, 6) is 1.59. The highest BCUT2D eigenvalue weighted by atomic mass is 35.5. The Labute approximate surface area is 166 Å². The number of rotatable bonds is 5. The summed E-state index contributed by atoms with van der Waals surface area (Å²) in [5, 5.41) is 6.51. The van der Waals surface area contributed by atoms with E-state index < -0.39 is 0 Å². The summed E-state index contributed by atoms with van der Waals surface area (Å²) in [6.07, 6.45) is 2.92. The summed E-state index contributed by atoms with van der Waals surface area (Å²) in [6.45, 7) is 1.39. The molecule has 1 aliphatic rings. The van der Waals surface area contributed by atoms with E-state index in [0.717, 1.165) is 11.3 Å². The molecule has 1 amide bonds. The van der Waals surface area contributed by atoms with Gasteiger partial charge in [0.25, 0.3) is 5.91 Å². The number of hydrogen-bond donors (Lipinski definition) is 2. The van der Waals surface area contributed by atoms with Crippen LogP contribution < -0.4 is 20.1 Å². The fraction of sp³-hybridized carbons (Fsp3) is 0.150. The van der Waals surface area contributed by atoms with Crippen molar-refractivity contribution in [2.45, 2.75) is 6.54 Å².